The fourth-order valence-electron chi connectivity index (χ4n) is 1.39. The van der Waals surface area contributed by atoms with Crippen molar-refractivity contribution in [1.82, 2.24) is 0 Å². The number of Topliss-reactive ketones (excluding diaryl/α,β-unsaturated/α-hetero) is 1. The molecule has 0 aliphatic carbocycles. The average Bonchev–Trinajstić information content (AvgIpc) is 2.46. The Balaban J connectivity index is 2.79. The molecule has 1 heterocycles. The van der Waals surface area contributed by atoms with E-state index in [1.165, 1.54) is 0 Å². The SMILES string of the molecule is CCCC(C)C(=O)c1cc(C)c(Br)s1. The second-order valence-electron chi connectivity index (χ2n) is 3.62. The number of aryl methyl sites for hydroxylation is 1. The Labute approximate surface area is 97.7 Å². The van der Waals surface area contributed by atoms with Crippen molar-refractivity contribution in [2.24, 2.45) is 5.92 Å². The maximum atomic E-state index is 11.9. The topological polar surface area (TPSA) is 17.1 Å². The van der Waals surface area contributed by atoms with E-state index in [2.05, 4.69) is 22.9 Å². The van der Waals surface area contributed by atoms with Crippen LogP contribution in [0.1, 0.15) is 41.9 Å². The van der Waals surface area contributed by atoms with Gasteiger partial charge in [-0.05, 0) is 40.9 Å². The van der Waals surface area contributed by atoms with E-state index in [4.69, 9.17) is 0 Å². The summed E-state index contributed by atoms with van der Waals surface area (Å²) >= 11 is 4.98. The van der Waals surface area contributed by atoms with Gasteiger partial charge in [0.15, 0.2) is 5.78 Å². The summed E-state index contributed by atoms with van der Waals surface area (Å²) in [4.78, 5) is 12.8. The first-order valence-corrected chi connectivity index (χ1v) is 6.47. The van der Waals surface area contributed by atoms with Gasteiger partial charge in [0.1, 0.15) is 0 Å². The number of hydrogen-bond acceptors (Lipinski definition) is 2. The molecule has 1 atom stereocenters. The van der Waals surface area contributed by atoms with Crippen LogP contribution >= 0.6 is 27.3 Å². The van der Waals surface area contributed by atoms with Gasteiger partial charge in [0.2, 0.25) is 0 Å². The highest BCUT2D eigenvalue weighted by Gasteiger charge is 2.17. The van der Waals surface area contributed by atoms with Crippen LogP contribution in [0.2, 0.25) is 0 Å². The van der Waals surface area contributed by atoms with E-state index in [1.807, 2.05) is 19.9 Å². The van der Waals surface area contributed by atoms with Crippen molar-refractivity contribution in [2.75, 3.05) is 0 Å². The zero-order valence-electron chi connectivity index (χ0n) is 8.76. The maximum Gasteiger partial charge on any atom is 0.175 e. The van der Waals surface area contributed by atoms with E-state index < -0.39 is 0 Å². The van der Waals surface area contributed by atoms with E-state index in [0.29, 0.717) is 0 Å². The lowest BCUT2D eigenvalue weighted by atomic mass is 10.00. The van der Waals surface area contributed by atoms with Gasteiger partial charge in [-0.3, -0.25) is 4.79 Å². The molecule has 0 aromatic carbocycles. The van der Waals surface area contributed by atoms with Crippen LogP contribution in [0.15, 0.2) is 9.85 Å². The summed E-state index contributed by atoms with van der Waals surface area (Å²) in [6.45, 7) is 6.13. The smallest absolute Gasteiger partial charge is 0.175 e. The molecule has 1 rings (SSSR count). The quantitative estimate of drug-likeness (QED) is 0.742. The lowest BCUT2D eigenvalue weighted by molar-refractivity contribution is 0.0927. The molecule has 0 spiro atoms. The molecule has 0 saturated heterocycles. The van der Waals surface area contributed by atoms with Gasteiger partial charge in [-0.25, -0.2) is 0 Å². The van der Waals surface area contributed by atoms with Crippen molar-refractivity contribution in [2.45, 2.75) is 33.6 Å². The molecule has 0 saturated carbocycles. The van der Waals surface area contributed by atoms with Crippen LogP contribution in [0, 0.1) is 12.8 Å². The van der Waals surface area contributed by atoms with Crippen molar-refractivity contribution in [3.63, 3.8) is 0 Å². The monoisotopic (exact) mass is 274 g/mol. The minimum Gasteiger partial charge on any atom is -0.293 e. The van der Waals surface area contributed by atoms with Crippen LogP contribution in [0.4, 0.5) is 0 Å². The Morgan fingerprint density at radius 3 is 2.71 bits per heavy atom. The van der Waals surface area contributed by atoms with E-state index in [-0.39, 0.29) is 11.7 Å². The molecule has 0 aliphatic rings. The molecule has 0 aliphatic heterocycles. The van der Waals surface area contributed by atoms with Gasteiger partial charge < -0.3 is 0 Å². The molecular weight excluding hydrogens is 260 g/mol. The summed E-state index contributed by atoms with van der Waals surface area (Å²) in [7, 11) is 0. The summed E-state index contributed by atoms with van der Waals surface area (Å²) in [5.41, 5.74) is 1.15. The molecule has 0 N–H and O–H groups in total. The fraction of sp³-hybridized carbons (Fsp3) is 0.545. The molecule has 0 amide bonds. The average molecular weight is 275 g/mol. The molecular formula is C11H15BrOS. The summed E-state index contributed by atoms with van der Waals surface area (Å²) in [6.07, 6.45) is 2.05. The predicted octanol–water partition coefficient (Wildman–Crippen LogP) is 4.44. The first-order valence-electron chi connectivity index (χ1n) is 4.86. The molecule has 1 unspecified atom stereocenters. The van der Waals surface area contributed by atoms with Gasteiger partial charge >= 0.3 is 0 Å². The van der Waals surface area contributed by atoms with Crippen LogP contribution in [-0.2, 0) is 0 Å². The van der Waals surface area contributed by atoms with E-state index in [9.17, 15) is 4.79 Å². The molecule has 0 bridgehead atoms. The summed E-state index contributed by atoms with van der Waals surface area (Å²) in [6, 6.07) is 1.98. The van der Waals surface area contributed by atoms with Gasteiger partial charge in [-0.2, -0.15) is 0 Å². The Bertz CT molecular complexity index is 311. The zero-order valence-corrected chi connectivity index (χ0v) is 11.2. The first-order chi connectivity index (χ1) is 6.56. The largest absolute Gasteiger partial charge is 0.293 e. The highest BCUT2D eigenvalue weighted by atomic mass is 79.9. The molecule has 0 radical (unpaired) electrons. The minimum absolute atomic E-state index is 0.157. The Morgan fingerprint density at radius 2 is 2.29 bits per heavy atom. The van der Waals surface area contributed by atoms with Crippen LogP contribution < -0.4 is 0 Å². The van der Waals surface area contributed by atoms with Gasteiger partial charge in [0.05, 0.1) is 8.66 Å². The molecule has 1 aromatic heterocycles. The van der Waals surface area contributed by atoms with Crippen molar-refractivity contribution in [3.8, 4) is 0 Å². The third kappa shape index (κ3) is 2.67. The van der Waals surface area contributed by atoms with E-state index in [1.54, 1.807) is 11.3 Å². The van der Waals surface area contributed by atoms with Crippen molar-refractivity contribution in [1.29, 1.82) is 0 Å². The number of carbonyl (C=O) groups excluding carboxylic acids is 1. The third-order valence-corrected chi connectivity index (χ3v) is 4.42. The Kier molecular flexibility index (Phi) is 4.32. The molecule has 1 nitrogen and oxygen atoms in total. The van der Waals surface area contributed by atoms with Gasteiger partial charge in [0.25, 0.3) is 0 Å². The number of hydrogen-bond donors (Lipinski definition) is 0. The normalized spacial score (nSPS) is 12.9. The molecule has 0 fully saturated rings. The molecule has 14 heavy (non-hydrogen) atoms. The van der Waals surface area contributed by atoms with Gasteiger partial charge in [0, 0.05) is 5.92 Å². The third-order valence-electron chi connectivity index (χ3n) is 2.27. The number of carbonyl (C=O) groups is 1. The van der Waals surface area contributed by atoms with E-state index >= 15 is 0 Å². The Morgan fingerprint density at radius 1 is 1.64 bits per heavy atom. The second kappa shape index (κ2) is 5.08. The summed E-state index contributed by atoms with van der Waals surface area (Å²) in [5, 5.41) is 0. The number of ketones is 1. The lowest BCUT2D eigenvalue weighted by Gasteiger charge is -2.05. The van der Waals surface area contributed by atoms with Gasteiger partial charge in [-0.15, -0.1) is 11.3 Å². The van der Waals surface area contributed by atoms with Crippen LogP contribution in [0.5, 0.6) is 0 Å². The zero-order chi connectivity index (χ0) is 10.7. The Hall–Kier alpha value is -0.150. The van der Waals surface area contributed by atoms with Crippen molar-refractivity contribution >= 4 is 33.0 Å². The maximum absolute atomic E-state index is 11.9. The lowest BCUT2D eigenvalue weighted by Crippen LogP contribution is -2.09. The number of halogens is 1. The predicted molar refractivity (Wildman–Crippen MR) is 65.2 cm³/mol. The van der Waals surface area contributed by atoms with Crippen molar-refractivity contribution < 1.29 is 4.79 Å². The highest BCUT2D eigenvalue weighted by molar-refractivity contribution is 9.11. The standard InChI is InChI=1S/C11H15BrOS/c1-4-5-7(2)10(13)9-6-8(3)11(12)14-9/h6-7H,4-5H2,1-3H3. The first kappa shape index (κ1) is 11.9. The van der Waals surface area contributed by atoms with Gasteiger partial charge in [-0.1, -0.05) is 20.3 Å². The van der Waals surface area contributed by atoms with Crippen LogP contribution in [0.25, 0.3) is 0 Å². The summed E-state index contributed by atoms with van der Waals surface area (Å²) in [5.74, 6) is 0.440. The van der Waals surface area contributed by atoms with E-state index in [0.717, 1.165) is 27.1 Å². The number of rotatable bonds is 4. The fourth-order valence-corrected chi connectivity index (χ4v) is 2.98. The molecule has 78 valence electrons. The van der Waals surface area contributed by atoms with Crippen molar-refractivity contribution in [3.05, 3.63) is 20.3 Å². The molecule has 3 heteroatoms. The molecule has 1 aromatic rings. The highest BCUT2D eigenvalue weighted by Crippen LogP contribution is 2.29. The minimum atomic E-state index is 0.157. The summed E-state index contributed by atoms with van der Waals surface area (Å²) < 4.78 is 1.07. The van der Waals surface area contributed by atoms with Crippen LogP contribution in [0.3, 0.4) is 0 Å². The number of thiophene rings is 1. The second-order valence-corrected chi connectivity index (χ2v) is 5.99. The van der Waals surface area contributed by atoms with Crippen LogP contribution in [-0.4, -0.2) is 5.78 Å².